The fraction of sp³-hybridized carbons (Fsp3) is 0.333. The van der Waals surface area contributed by atoms with Gasteiger partial charge >= 0.3 is 0 Å². The minimum Gasteiger partial charge on any atom is -0.489 e. The monoisotopic (exact) mass is 346 g/mol. The van der Waals surface area contributed by atoms with Crippen molar-refractivity contribution in [3.63, 3.8) is 0 Å². The fourth-order valence-corrected chi connectivity index (χ4v) is 2.79. The number of hydrogen-bond acceptors (Lipinski definition) is 4. The van der Waals surface area contributed by atoms with Crippen molar-refractivity contribution in [1.82, 2.24) is 4.98 Å². The first kappa shape index (κ1) is 17.3. The van der Waals surface area contributed by atoms with Crippen molar-refractivity contribution in [2.75, 3.05) is 13.2 Å². The van der Waals surface area contributed by atoms with Crippen LogP contribution < -0.4 is 16.2 Å². The van der Waals surface area contributed by atoms with E-state index in [4.69, 9.17) is 10.5 Å². The topological polar surface area (TPSA) is 113 Å². The number of fused-ring (bicyclic) bond motifs is 1. The maximum absolute atomic E-state index is 13.3. The fourth-order valence-electron chi connectivity index (χ4n) is 2.79. The van der Waals surface area contributed by atoms with Gasteiger partial charge in [0.1, 0.15) is 35.8 Å². The number of ether oxygens (including phenoxy) is 1. The van der Waals surface area contributed by atoms with Gasteiger partial charge in [0.25, 0.3) is 0 Å². The van der Waals surface area contributed by atoms with Crippen LogP contribution in [0.15, 0.2) is 30.3 Å². The minimum absolute atomic E-state index is 0.0868. The Balaban J connectivity index is 2.29. The molecule has 0 unspecified atom stereocenters. The largest absolute Gasteiger partial charge is 0.489 e. The van der Waals surface area contributed by atoms with Crippen molar-refractivity contribution < 1.29 is 24.8 Å². The zero-order valence-electron chi connectivity index (χ0n) is 14.2. The number of quaternary nitrogens is 1. The highest BCUT2D eigenvalue weighted by Gasteiger charge is 2.45. The van der Waals surface area contributed by atoms with Gasteiger partial charge in [-0.15, -0.1) is 0 Å². The van der Waals surface area contributed by atoms with Crippen molar-refractivity contribution in [2.24, 2.45) is 5.73 Å². The molecule has 0 fully saturated rings. The van der Waals surface area contributed by atoms with Gasteiger partial charge in [-0.2, -0.15) is 0 Å². The standard InChI is InChI=1S/C18H20FN3O3/c1-17(16(21)23)9-25-15-12(17)7-13(18(2,24)8-20)22-14(15)10-3-5-11(19)6-4-10/h3-7,24H,8-9,20H2,1-2H3,(H2,21,23)/p+1/t17-,18-/m0/s1. The molecular weight excluding hydrogens is 325 g/mol. The lowest BCUT2D eigenvalue weighted by Crippen LogP contribution is -2.59. The molecule has 0 saturated heterocycles. The molecule has 0 bridgehead atoms. The molecule has 6 N–H and O–H groups in total. The number of hydrogen-bond donors (Lipinski definition) is 3. The Morgan fingerprint density at radius 3 is 2.68 bits per heavy atom. The predicted octanol–water partition coefficient (Wildman–Crippen LogP) is 0.473. The maximum Gasteiger partial charge on any atom is 0.231 e. The lowest BCUT2D eigenvalue weighted by atomic mass is 9.82. The van der Waals surface area contributed by atoms with E-state index in [2.05, 4.69) is 10.7 Å². The Morgan fingerprint density at radius 2 is 2.12 bits per heavy atom. The summed E-state index contributed by atoms with van der Waals surface area (Å²) >= 11 is 0. The Kier molecular flexibility index (Phi) is 4.01. The number of benzene rings is 1. The molecule has 25 heavy (non-hydrogen) atoms. The third-order valence-corrected chi connectivity index (χ3v) is 4.77. The van der Waals surface area contributed by atoms with Gasteiger partial charge in [0.2, 0.25) is 5.91 Å². The summed E-state index contributed by atoms with van der Waals surface area (Å²) in [5.41, 5.74) is 9.00. The van der Waals surface area contributed by atoms with Gasteiger partial charge in [-0.1, -0.05) is 0 Å². The van der Waals surface area contributed by atoms with E-state index in [1.165, 1.54) is 12.1 Å². The van der Waals surface area contributed by atoms with Gasteiger partial charge in [0.15, 0.2) is 5.60 Å². The summed E-state index contributed by atoms with van der Waals surface area (Å²) in [5.74, 6) is -0.469. The van der Waals surface area contributed by atoms with Crippen LogP contribution in [0.4, 0.5) is 4.39 Å². The molecule has 2 heterocycles. The molecule has 1 aromatic carbocycles. The summed E-state index contributed by atoms with van der Waals surface area (Å²) in [7, 11) is 0. The van der Waals surface area contributed by atoms with E-state index < -0.39 is 16.9 Å². The Morgan fingerprint density at radius 1 is 1.48 bits per heavy atom. The SMILES string of the molecule is C[C@](O)(C[NH3+])c1cc2c(c(-c3ccc(F)cc3)n1)OC[C@]2(C)C(N)=O. The third kappa shape index (κ3) is 2.75. The van der Waals surface area contributed by atoms with Crippen LogP contribution in [0.25, 0.3) is 11.3 Å². The number of aromatic nitrogens is 1. The number of halogens is 1. The number of rotatable bonds is 4. The molecule has 0 spiro atoms. The van der Waals surface area contributed by atoms with Crippen LogP contribution in [0.5, 0.6) is 5.75 Å². The number of nitrogens with two attached hydrogens (primary N) is 1. The summed E-state index contributed by atoms with van der Waals surface area (Å²) in [6.45, 7) is 3.57. The maximum atomic E-state index is 13.3. The number of carbonyl (C=O) groups excluding carboxylic acids is 1. The first-order valence-corrected chi connectivity index (χ1v) is 7.95. The predicted molar refractivity (Wildman–Crippen MR) is 89.0 cm³/mol. The van der Waals surface area contributed by atoms with Crippen LogP contribution >= 0.6 is 0 Å². The van der Waals surface area contributed by atoms with Gasteiger partial charge in [0.05, 0.1) is 5.69 Å². The van der Waals surface area contributed by atoms with Crippen molar-refractivity contribution in [3.8, 4) is 17.0 Å². The van der Waals surface area contributed by atoms with Gasteiger partial charge in [-0.3, -0.25) is 4.79 Å². The van der Waals surface area contributed by atoms with Crippen molar-refractivity contribution in [1.29, 1.82) is 0 Å². The molecule has 1 amide bonds. The van der Waals surface area contributed by atoms with Gasteiger partial charge < -0.3 is 21.3 Å². The molecular formula is C18H21FN3O3+. The lowest BCUT2D eigenvalue weighted by Gasteiger charge is -2.23. The summed E-state index contributed by atoms with van der Waals surface area (Å²) in [6, 6.07) is 7.43. The normalized spacial score (nSPS) is 21.3. The molecule has 1 aliphatic rings. The van der Waals surface area contributed by atoms with Gasteiger partial charge in [-0.25, -0.2) is 9.37 Å². The summed E-state index contributed by atoms with van der Waals surface area (Å²) in [4.78, 5) is 16.5. The second-order valence-corrected chi connectivity index (χ2v) is 6.75. The molecule has 3 rings (SSSR count). The average Bonchev–Trinajstić information content (AvgIpc) is 2.93. The van der Waals surface area contributed by atoms with Crippen molar-refractivity contribution >= 4 is 5.91 Å². The number of amides is 1. The van der Waals surface area contributed by atoms with E-state index in [-0.39, 0.29) is 19.0 Å². The van der Waals surface area contributed by atoms with Crippen LogP contribution in [0, 0.1) is 5.82 Å². The highest BCUT2D eigenvalue weighted by molar-refractivity contribution is 5.90. The Labute approximate surface area is 144 Å². The van der Waals surface area contributed by atoms with Crippen LogP contribution in [0.3, 0.4) is 0 Å². The summed E-state index contributed by atoms with van der Waals surface area (Å²) in [5, 5.41) is 10.6. The van der Waals surface area contributed by atoms with E-state index >= 15 is 0 Å². The highest BCUT2D eigenvalue weighted by Crippen LogP contribution is 2.45. The molecule has 6 nitrogen and oxygen atoms in total. The zero-order chi connectivity index (χ0) is 18.4. The zero-order valence-corrected chi connectivity index (χ0v) is 14.2. The van der Waals surface area contributed by atoms with Crippen LogP contribution in [-0.4, -0.2) is 29.1 Å². The van der Waals surface area contributed by atoms with Gasteiger partial charge in [0, 0.05) is 11.1 Å². The number of aliphatic hydroxyl groups is 1. The van der Waals surface area contributed by atoms with Crippen LogP contribution in [-0.2, 0) is 15.8 Å². The van der Waals surface area contributed by atoms with E-state index in [0.717, 1.165) is 0 Å². The van der Waals surface area contributed by atoms with Crippen LogP contribution in [0.1, 0.15) is 25.1 Å². The first-order valence-electron chi connectivity index (χ1n) is 7.95. The number of nitrogens with zero attached hydrogens (tertiary/aromatic N) is 1. The minimum atomic E-state index is -1.29. The third-order valence-electron chi connectivity index (χ3n) is 4.77. The van der Waals surface area contributed by atoms with E-state index in [1.54, 1.807) is 32.0 Å². The summed E-state index contributed by atoms with van der Waals surface area (Å²) < 4.78 is 19.0. The summed E-state index contributed by atoms with van der Waals surface area (Å²) in [6.07, 6.45) is 0. The van der Waals surface area contributed by atoms with Crippen molar-refractivity contribution in [3.05, 3.63) is 47.4 Å². The average molecular weight is 346 g/mol. The highest BCUT2D eigenvalue weighted by atomic mass is 19.1. The van der Waals surface area contributed by atoms with E-state index in [1.807, 2.05) is 0 Å². The molecule has 1 aromatic heterocycles. The Hall–Kier alpha value is -2.51. The second-order valence-electron chi connectivity index (χ2n) is 6.75. The Bertz CT molecular complexity index is 836. The van der Waals surface area contributed by atoms with E-state index in [9.17, 15) is 14.3 Å². The van der Waals surface area contributed by atoms with E-state index in [0.29, 0.717) is 28.3 Å². The van der Waals surface area contributed by atoms with Gasteiger partial charge in [-0.05, 0) is 44.2 Å². The molecule has 0 aliphatic carbocycles. The number of pyridine rings is 1. The molecule has 0 radical (unpaired) electrons. The number of carbonyl (C=O) groups is 1. The lowest BCUT2D eigenvalue weighted by molar-refractivity contribution is -0.400. The molecule has 7 heteroatoms. The molecule has 132 valence electrons. The second kappa shape index (κ2) is 5.79. The molecule has 2 aromatic rings. The quantitative estimate of drug-likeness (QED) is 0.747. The molecule has 2 atom stereocenters. The molecule has 0 saturated carbocycles. The first-order chi connectivity index (χ1) is 11.7. The van der Waals surface area contributed by atoms with Crippen LogP contribution in [0.2, 0.25) is 0 Å². The number of primary amides is 1. The molecule has 1 aliphatic heterocycles. The smallest absolute Gasteiger partial charge is 0.231 e. The van der Waals surface area contributed by atoms with Crippen molar-refractivity contribution in [2.45, 2.75) is 24.9 Å².